The molecular weight excluding hydrogens is 449 g/mol. The fraction of sp³-hybridized carbons (Fsp3) is 0.429. The van der Waals surface area contributed by atoms with Crippen LogP contribution in [0.1, 0.15) is 37.2 Å². The van der Waals surface area contributed by atoms with Gasteiger partial charge in [0.1, 0.15) is 28.7 Å². The van der Waals surface area contributed by atoms with Gasteiger partial charge < -0.3 is 18.9 Å². The molecule has 0 aromatic heterocycles. The van der Waals surface area contributed by atoms with E-state index in [0.29, 0.717) is 25.3 Å². The standard InChI is InChI=1S/C21H19F7O4/c1-2-3-12-10-29-19(30-11-12)13-8-16(22)18(17(23)9-13)20(24,25)31-14-4-6-15(7-5-14)32-21(26,27)28/h4-9,12,19H,2-3,10-11H2,1H3. The van der Waals surface area contributed by atoms with Gasteiger partial charge in [-0.15, -0.1) is 13.2 Å². The third-order valence-corrected chi connectivity index (χ3v) is 4.59. The van der Waals surface area contributed by atoms with Crippen LogP contribution in [0.25, 0.3) is 0 Å². The molecule has 11 heteroatoms. The third-order valence-electron chi connectivity index (χ3n) is 4.59. The largest absolute Gasteiger partial charge is 0.573 e. The van der Waals surface area contributed by atoms with Crippen LogP contribution in [0.5, 0.6) is 11.5 Å². The van der Waals surface area contributed by atoms with Crippen molar-refractivity contribution >= 4 is 0 Å². The zero-order chi connectivity index (χ0) is 23.5. The Kier molecular flexibility index (Phi) is 7.19. The highest BCUT2D eigenvalue weighted by Crippen LogP contribution is 2.38. The first-order valence-electron chi connectivity index (χ1n) is 9.63. The number of benzene rings is 2. The lowest BCUT2D eigenvalue weighted by molar-refractivity contribution is -0.274. The number of ether oxygens (including phenoxy) is 4. The fourth-order valence-corrected chi connectivity index (χ4v) is 3.23. The first-order chi connectivity index (χ1) is 15.0. The van der Waals surface area contributed by atoms with Crippen molar-refractivity contribution in [3.63, 3.8) is 0 Å². The van der Waals surface area contributed by atoms with Crippen LogP contribution in [0.15, 0.2) is 36.4 Å². The van der Waals surface area contributed by atoms with E-state index in [-0.39, 0.29) is 11.5 Å². The van der Waals surface area contributed by atoms with Gasteiger partial charge in [-0.25, -0.2) is 8.78 Å². The summed E-state index contributed by atoms with van der Waals surface area (Å²) in [5, 5.41) is 0. The molecule has 0 saturated carbocycles. The second kappa shape index (κ2) is 9.53. The Morgan fingerprint density at radius 3 is 1.84 bits per heavy atom. The fourth-order valence-electron chi connectivity index (χ4n) is 3.23. The highest BCUT2D eigenvalue weighted by Gasteiger charge is 2.42. The van der Waals surface area contributed by atoms with Crippen LogP contribution < -0.4 is 9.47 Å². The minimum atomic E-state index is -4.97. The van der Waals surface area contributed by atoms with E-state index >= 15 is 0 Å². The van der Waals surface area contributed by atoms with Gasteiger partial charge >= 0.3 is 12.5 Å². The topological polar surface area (TPSA) is 36.9 Å². The lowest BCUT2D eigenvalue weighted by Crippen LogP contribution is -2.28. The average molecular weight is 468 g/mol. The first-order valence-corrected chi connectivity index (χ1v) is 9.63. The van der Waals surface area contributed by atoms with E-state index < -0.39 is 47.5 Å². The van der Waals surface area contributed by atoms with Gasteiger partial charge in [0.05, 0.1) is 13.2 Å². The summed E-state index contributed by atoms with van der Waals surface area (Å²) in [5.41, 5.74) is -1.76. The van der Waals surface area contributed by atoms with Gasteiger partial charge in [0.2, 0.25) is 0 Å². The van der Waals surface area contributed by atoms with Crippen LogP contribution in [-0.4, -0.2) is 19.6 Å². The molecule has 2 aromatic rings. The average Bonchev–Trinajstić information content (AvgIpc) is 2.68. The van der Waals surface area contributed by atoms with E-state index in [4.69, 9.17) is 9.47 Å². The van der Waals surface area contributed by atoms with Crippen LogP contribution in [0, 0.1) is 17.6 Å². The number of rotatable bonds is 7. The Balaban J connectivity index is 1.74. The van der Waals surface area contributed by atoms with Gasteiger partial charge in [0.15, 0.2) is 6.29 Å². The number of hydrogen-bond donors (Lipinski definition) is 0. The maximum absolute atomic E-state index is 14.5. The van der Waals surface area contributed by atoms with Crippen LogP contribution in [0.2, 0.25) is 0 Å². The molecule has 0 amide bonds. The first kappa shape index (κ1) is 24.1. The van der Waals surface area contributed by atoms with E-state index in [1.54, 1.807) is 0 Å². The van der Waals surface area contributed by atoms with Gasteiger partial charge in [-0.3, -0.25) is 0 Å². The molecule has 1 saturated heterocycles. The third kappa shape index (κ3) is 6.04. The SMILES string of the molecule is CCCC1COC(c2cc(F)c(C(F)(F)Oc3ccc(OC(F)(F)F)cc3)c(F)c2)OC1. The molecule has 0 aliphatic carbocycles. The summed E-state index contributed by atoms with van der Waals surface area (Å²) in [7, 11) is 0. The maximum atomic E-state index is 14.5. The molecule has 0 spiro atoms. The van der Waals surface area contributed by atoms with Crippen molar-refractivity contribution in [1.82, 2.24) is 0 Å². The van der Waals surface area contributed by atoms with Crippen molar-refractivity contribution in [2.24, 2.45) is 5.92 Å². The van der Waals surface area contributed by atoms with Crippen LogP contribution in [0.4, 0.5) is 30.7 Å². The van der Waals surface area contributed by atoms with Crippen LogP contribution in [0.3, 0.4) is 0 Å². The second-order valence-corrected chi connectivity index (χ2v) is 7.15. The number of hydrogen-bond acceptors (Lipinski definition) is 4. The smallest absolute Gasteiger partial charge is 0.429 e. The number of alkyl halides is 5. The Morgan fingerprint density at radius 2 is 1.38 bits per heavy atom. The minimum absolute atomic E-state index is 0.108. The van der Waals surface area contributed by atoms with Crippen molar-refractivity contribution in [3.05, 3.63) is 59.2 Å². The Labute approximate surface area is 178 Å². The molecule has 4 nitrogen and oxygen atoms in total. The monoisotopic (exact) mass is 468 g/mol. The molecular formula is C21H19F7O4. The molecule has 2 aromatic carbocycles. The van der Waals surface area contributed by atoms with Crippen molar-refractivity contribution in [2.45, 2.75) is 38.5 Å². The molecule has 0 radical (unpaired) electrons. The van der Waals surface area contributed by atoms with E-state index in [9.17, 15) is 30.7 Å². The van der Waals surface area contributed by atoms with Crippen LogP contribution >= 0.6 is 0 Å². The van der Waals surface area contributed by atoms with Crippen molar-refractivity contribution in [2.75, 3.05) is 13.2 Å². The summed E-state index contributed by atoms with van der Waals surface area (Å²) < 4.78 is 113. The zero-order valence-electron chi connectivity index (χ0n) is 16.7. The number of halogens is 7. The molecule has 32 heavy (non-hydrogen) atoms. The Bertz CT molecular complexity index is 884. The van der Waals surface area contributed by atoms with Gasteiger partial charge in [-0.1, -0.05) is 13.3 Å². The summed E-state index contributed by atoms with van der Waals surface area (Å²) in [6.07, 6.45) is -8.77. The highest BCUT2D eigenvalue weighted by molar-refractivity contribution is 5.34. The lowest BCUT2D eigenvalue weighted by Gasteiger charge is -2.30. The molecule has 0 bridgehead atoms. The predicted octanol–water partition coefficient (Wildman–Crippen LogP) is 6.45. The minimum Gasteiger partial charge on any atom is -0.429 e. The van der Waals surface area contributed by atoms with Gasteiger partial charge in [0, 0.05) is 11.5 Å². The molecule has 0 atom stereocenters. The predicted molar refractivity (Wildman–Crippen MR) is 97.0 cm³/mol. The van der Waals surface area contributed by atoms with E-state index in [1.807, 2.05) is 6.92 Å². The quantitative estimate of drug-likeness (QED) is 0.438. The van der Waals surface area contributed by atoms with Crippen molar-refractivity contribution < 1.29 is 49.7 Å². The molecule has 176 valence electrons. The van der Waals surface area contributed by atoms with Crippen molar-refractivity contribution in [3.8, 4) is 11.5 Å². The van der Waals surface area contributed by atoms with E-state index in [0.717, 1.165) is 37.1 Å². The van der Waals surface area contributed by atoms with E-state index in [1.165, 1.54) is 0 Å². The summed E-state index contributed by atoms with van der Waals surface area (Å²) in [4.78, 5) is 0. The molecule has 1 fully saturated rings. The summed E-state index contributed by atoms with van der Waals surface area (Å²) in [6, 6.07) is 4.27. The van der Waals surface area contributed by atoms with Gasteiger partial charge in [-0.2, -0.15) is 8.78 Å². The summed E-state index contributed by atoms with van der Waals surface area (Å²) in [5.74, 6) is -4.36. The molecule has 3 rings (SSSR count). The molecule has 1 heterocycles. The Morgan fingerprint density at radius 1 is 0.875 bits per heavy atom. The molecule has 0 unspecified atom stereocenters. The lowest BCUT2D eigenvalue weighted by atomic mass is 10.0. The molecule has 0 N–H and O–H groups in total. The van der Waals surface area contributed by atoms with Gasteiger partial charge in [0.25, 0.3) is 0 Å². The summed E-state index contributed by atoms with van der Waals surface area (Å²) in [6.45, 7) is 2.59. The van der Waals surface area contributed by atoms with Crippen molar-refractivity contribution in [1.29, 1.82) is 0 Å². The normalized spacial score (nSPS) is 19.6. The summed E-state index contributed by atoms with van der Waals surface area (Å²) >= 11 is 0. The Hall–Kier alpha value is -2.53. The molecule has 1 aliphatic heterocycles. The second-order valence-electron chi connectivity index (χ2n) is 7.15. The van der Waals surface area contributed by atoms with E-state index in [2.05, 4.69) is 9.47 Å². The zero-order valence-corrected chi connectivity index (χ0v) is 16.7. The highest BCUT2D eigenvalue weighted by atomic mass is 19.4. The molecule has 1 aliphatic rings. The maximum Gasteiger partial charge on any atom is 0.573 e. The van der Waals surface area contributed by atoms with Gasteiger partial charge in [-0.05, 0) is 42.8 Å². The van der Waals surface area contributed by atoms with Crippen LogP contribution in [-0.2, 0) is 15.6 Å².